The van der Waals surface area contributed by atoms with Crippen molar-refractivity contribution in [3.8, 4) is 23.0 Å². The van der Waals surface area contributed by atoms with Gasteiger partial charge in [-0.25, -0.2) is 0 Å². The van der Waals surface area contributed by atoms with Crippen molar-refractivity contribution in [1.82, 2.24) is 0 Å². The van der Waals surface area contributed by atoms with Crippen LogP contribution < -0.4 is 33.6 Å². The summed E-state index contributed by atoms with van der Waals surface area (Å²) in [5.41, 5.74) is 8.84. The fourth-order valence-corrected chi connectivity index (χ4v) is 10.7. The lowest BCUT2D eigenvalue weighted by Gasteiger charge is -2.31. The van der Waals surface area contributed by atoms with Gasteiger partial charge < -0.3 is 28.7 Å². The second-order valence-corrected chi connectivity index (χ2v) is 19.2. The minimum Gasteiger partial charge on any atom is -0.493 e. The van der Waals surface area contributed by atoms with Crippen molar-refractivity contribution in [2.75, 3.05) is 55.3 Å². The van der Waals surface area contributed by atoms with Gasteiger partial charge in [0.05, 0.1) is 42.8 Å². The van der Waals surface area contributed by atoms with Gasteiger partial charge in [0.1, 0.15) is 13.2 Å². The van der Waals surface area contributed by atoms with Crippen LogP contribution in [0.3, 0.4) is 0 Å². The summed E-state index contributed by atoms with van der Waals surface area (Å²) in [6.45, 7) is 8.10. The van der Waals surface area contributed by atoms with Crippen LogP contribution in [0.5, 0.6) is 23.0 Å². The number of methoxy groups -OCH3 is 2. The largest absolute Gasteiger partial charge is 0.493 e. The molecule has 0 bridgehead atoms. The highest BCUT2D eigenvalue weighted by Gasteiger charge is 2.36. The van der Waals surface area contributed by atoms with Crippen molar-refractivity contribution < 1.29 is 28.5 Å². The van der Waals surface area contributed by atoms with E-state index in [1.807, 2.05) is 65.2 Å². The molecule has 1 atom stereocenters. The maximum absolute atomic E-state index is 14.0. The maximum atomic E-state index is 14.0. The van der Waals surface area contributed by atoms with Crippen molar-refractivity contribution in [2.24, 2.45) is 9.98 Å². The highest BCUT2D eigenvalue weighted by molar-refractivity contribution is 8.77. The number of carbonyl (C=O) groups is 2. The molecule has 2 amide bonds. The molecule has 8 rings (SSSR count). The van der Waals surface area contributed by atoms with Crippen molar-refractivity contribution in [3.63, 3.8) is 0 Å². The molecule has 0 fully saturated rings. The molecule has 1 unspecified atom stereocenters. The van der Waals surface area contributed by atoms with E-state index in [-0.39, 0.29) is 35.8 Å². The molecule has 5 aromatic carbocycles. The SMILES string of the molecule is CC=Nc1cc(OCc2cc(COc3cc4c(cc3OC)C(=O)N3c5ccccc5CC3C=N4)cc(N(C)CC(C)(C)SSC)c2)c(OC)cc1C(=O)N1CCc2ccccc21. The molecule has 3 aliphatic heterocycles. The average Bonchev–Trinajstić information content (AvgIpc) is 3.84. The van der Waals surface area contributed by atoms with E-state index in [1.54, 1.807) is 60.4 Å². The Morgan fingerprint density at radius 3 is 2.24 bits per heavy atom. The van der Waals surface area contributed by atoms with Gasteiger partial charge >= 0.3 is 0 Å². The standard InChI is InChI=1S/C49H51N5O6S2/c1-8-50-39-25-45(43(57-5)23-37(39)47(55)53-18-17-33-13-9-11-15-41(33)53)59-28-31-19-32(21-35(20-31)52(4)30-49(2,3)62-61-7)29-60-46-26-40-38(24-44(46)58-6)48(56)54-36(27-51-40)22-34-14-10-12-16-42(34)54/h8-16,19-21,23-27,36H,17-18,22,28-30H2,1-7H3. The third-order valence-corrected chi connectivity index (χ3v) is 13.8. The molecule has 62 heavy (non-hydrogen) atoms. The molecule has 0 N–H and O–H groups in total. The van der Waals surface area contributed by atoms with E-state index >= 15 is 0 Å². The molecule has 5 aromatic rings. The van der Waals surface area contributed by atoms with Crippen LogP contribution >= 0.6 is 21.6 Å². The van der Waals surface area contributed by atoms with Crippen LogP contribution in [0.4, 0.5) is 28.4 Å². The first-order valence-corrected chi connectivity index (χ1v) is 23.2. The number of hydrogen-bond donors (Lipinski definition) is 0. The van der Waals surface area contributed by atoms with Crippen LogP contribution in [-0.2, 0) is 26.1 Å². The van der Waals surface area contributed by atoms with Gasteiger partial charge in [-0.1, -0.05) is 58.0 Å². The fourth-order valence-electron chi connectivity index (χ4n) is 8.49. The molecule has 0 saturated carbocycles. The van der Waals surface area contributed by atoms with E-state index in [0.29, 0.717) is 58.5 Å². The van der Waals surface area contributed by atoms with E-state index in [0.717, 1.165) is 52.3 Å². The molecule has 0 radical (unpaired) electrons. The van der Waals surface area contributed by atoms with Crippen molar-refractivity contribution in [3.05, 3.63) is 124 Å². The summed E-state index contributed by atoms with van der Waals surface area (Å²) in [5.74, 6) is 1.56. The summed E-state index contributed by atoms with van der Waals surface area (Å²) in [5, 5.41) is 0. The summed E-state index contributed by atoms with van der Waals surface area (Å²) in [6, 6.07) is 29.1. The lowest BCUT2D eigenvalue weighted by atomic mass is 10.1. The number of hydrogen-bond acceptors (Lipinski definition) is 11. The average molecular weight is 870 g/mol. The molecular weight excluding hydrogens is 819 g/mol. The number of aliphatic imine (C=N–C) groups is 2. The number of anilines is 3. The molecule has 0 saturated heterocycles. The number of nitrogens with zero attached hydrogens (tertiary/aromatic N) is 5. The van der Waals surface area contributed by atoms with Gasteiger partial charge in [0.25, 0.3) is 11.8 Å². The first kappa shape index (κ1) is 42.8. The number of fused-ring (bicyclic) bond motifs is 5. The van der Waals surface area contributed by atoms with Crippen LogP contribution in [0, 0.1) is 0 Å². The molecular formula is C49H51N5O6S2. The predicted molar refractivity (Wildman–Crippen MR) is 254 cm³/mol. The lowest BCUT2D eigenvalue weighted by Crippen LogP contribution is -2.37. The van der Waals surface area contributed by atoms with Crippen molar-refractivity contribution in [2.45, 2.75) is 57.6 Å². The van der Waals surface area contributed by atoms with Crippen LogP contribution in [0.15, 0.2) is 101 Å². The number of benzene rings is 5. The lowest BCUT2D eigenvalue weighted by molar-refractivity contribution is 0.0980. The van der Waals surface area contributed by atoms with Crippen LogP contribution in [0.1, 0.15) is 63.7 Å². The zero-order valence-corrected chi connectivity index (χ0v) is 37.8. The highest BCUT2D eigenvalue weighted by Crippen LogP contribution is 2.42. The fraction of sp³-hybridized carbons (Fsp3) is 0.306. The highest BCUT2D eigenvalue weighted by atomic mass is 33.1. The third kappa shape index (κ3) is 8.73. The second kappa shape index (κ2) is 18.2. The first-order valence-electron chi connectivity index (χ1n) is 20.6. The van der Waals surface area contributed by atoms with E-state index in [1.165, 1.54) is 0 Å². The molecule has 3 heterocycles. The third-order valence-electron chi connectivity index (χ3n) is 11.2. The number of amides is 2. The van der Waals surface area contributed by atoms with Gasteiger partial charge in [0.15, 0.2) is 23.0 Å². The number of carbonyl (C=O) groups excluding carboxylic acids is 2. The molecule has 3 aliphatic rings. The van der Waals surface area contributed by atoms with E-state index in [9.17, 15) is 9.59 Å². The maximum Gasteiger partial charge on any atom is 0.261 e. The van der Waals surface area contributed by atoms with Crippen LogP contribution in [0.2, 0.25) is 0 Å². The minimum absolute atomic E-state index is 0.0263. The first-order chi connectivity index (χ1) is 30.0. The van der Waals surface area contributed by atoms with E-state index < -0.39 is 0 Å². The number of rotatable bonds is 15. The Kier molecular flexibility index (Phi) is 12.6. The minimum atomic E-state index is -0.165. The zero-order valence-electron chi connectivity index (χ0n) is 36.1. The Bertz CT molecular complexity index is 2580. The number of ether oxygens (including phenoxy) is 4. The predicted octanol–water partition coefficient (Wildman–Crippen LogP) is 10.3. The quantitative estimate of drug-likeness (QED) is 0.0751. The van der Waals surface area contributed by atoms with E-state index in [2.05, 4.69) is 67.4 Å². The smallest absolute Gasteiger partial charge is 0.261 e. The van der Waals surface area contributed by atoms with Gasteiger partial charge in [0, 0.05) is 72.9 Å². The van der Waals surface area contributed by atoms with Crippen molar-refractivity contribution >= 4 is 74.3 Å². The Morgan fingerprint density at radius 1 is 0.887 bits per heavy atom. The summed E-state index contributed by atoms with van der Waals surface area (Å²) < 4.78 is 24.6. The number of para-hydroxylation sites is 2. The molecule has 0 spiro atoms. The zero-order chi connectivity index (χ0) is 43.5. The van der Waals surface area contributed by atoms with E-state index in [4.69, 9.17) is 23.9 Å². The van der Waals surface area contributed by atoms with Crippen LogP contribution in [0.25, 0.3) is 0 Å². The molecule has 0 aromatic heterocycles. The normalized spacial score (nSPS) is 15.2. The Balaban J connectivity index is 1.07. The van der Waals surface area contributed by atoms with Gasteiger partial charge in [-0.15, -0.1) is 0 Å². The topological polar surface area (TPSA) is 105 Å². The Labute approximate surface area is 371 Å². The van der Waals surface area contributed by atoms with Gasteiger partial charge in [-0.3, -0.25) is 24.5 Å². The van der Waals surface area contributed by atoms with Gasteiger partial charge in [-0.05, 0) is 98.2 Å². The summed E-state index contributed by atoms with van der Waals surface area (Å²) in [7, 11) is 8.83. The summed E-state index contributed by atoms with van der Waals surface area (Å²) >= 11 is 0. The molecule has 11 nitrogen and oxygen atoms in total. The molecule has 13 heteroatoms. The van der Waals surface area contributed by atoms with Gasteiger partial charge in [-0.2, -0.15) is 0 Å². The van der Waals surface area contributed by atoms with Crippen molar-refractivity contribution in [1.29, 1.82) is 0 Å². The summed E-state index contributed by atoms with van der Waals surface area (Å²) in [4.78, 5) is 43.3. The Morgan fingerprint density at radius 2 is 1.55 bits per heavy atom. The molecule has 320 valence electrons. The molecule has 0 aliphatic carbocycles. The second-order valence-electron chi connectivity index (χ2n) is 16.1. The monoisotopic (exact) mass is 869 g/mol. The Hall–Kier alpha value is -5.92. The van der Waals surface area contributed by atoms with Crippen LogP contribution in [-0.4, -0.2) is 75.6 Å². The summed E-state index contributed by atoms with van der Waals surface area (Å²) in [6.07, 6.45) is 7.14. The van der Waals surface area contributed by atoms with Gasteiger partial charge in [0.2, 0.25) is 0 Å².